The Morgan fingerprint density at radius 1 is 1.32 bits per heavy atom. The average molecular weight is 370 g/mol. The summed E-state index contributed by atoms with van der Waals surface area (Å²) in [6.45, 7) is 3.25. The molecule has 1 aromatic heterocycles. The monoisotopic (exact) mass is 370 g/mol. The van der Waals surface area contributed by atoms with Crippen LogP contribution in [-0.4, -0.2) is 43.4 Å². The number of hydrogen-bond donors (Lipinski definition) is 0. The summed E-state index contributed by atoms with van der Waals surface area (Å²) in [5, 5.41) is 0. The Bertz CT molecular complexity index is 846. The van der Waals surface area contributed by atoms with Gasteiger partial charge in [0.2, 0.25) is 5.95 Å². The zero-order valence-electron chi connectivity index (χ0n) is 14.1. The van der Waals surface area contributed by atoms with Crippen LogP contribution in [0.1, 0.15) is 34.6 Å². The predicted octanol–water partition coefficient (Wildman–Crippen LogP) is 2.07. The van der Waals surface area contributed by atoms with Crippen molar-refractivity contribution in [2.24, 2.45) is 0 Å². The second kappa shape index (κ2) is 7.75. The predicted molar refractivity (Wildman–Crippen MR) is 88.3 cm³/mol. The van der Waals surface area contributed by atoms with Crippen molar-refractivity contribution < 1.29 is 26.5 Å². The SMILES string of the molecule is CCOC(=O)c1c(F)ncn1C(COS(C)(=O)=O)c1ccc(C)cc1. The van der Waals surface area contributed by atoms with Crippen LogP contribution in [0.15, 0.2) is 30.6 Å². The maximum absolute atomic E-state index is 14.0. The largest absolute Gasteiger partial charge is 0.461 e. The lowest BCUT2D eigenvalue weighted by molar-refractivity contribution is 0.0505. The van der Waals surface area contributed by atoms with Crippen LogP contribution in [0.4, 0.5) is 4.39 Å². The molecule has 0 aliphatic heterocycles. The number of ether oxygens (including phenoxy) is 1. The summed E-state index contributed by atoms with van der Waals surface area (Å²) in [5.74, 6) is -1.87. The Kier molecular flexibility index (Phi) is 5.91. The lowest BCUT2D eigenvalue weighted by Gasteiger charge is -2.20. The van der Waals surface area contributed by atoms with E-state index >= 15 is 0 Å². The van der Waals surface area contributed by atoms with E-state index in [-0.39, 0.29) is 18.9 Å². The van der Waals surface area contributed by atoms with Gasteiger partial charge in [0.25, 0.3) is 10.1 Å². The molecule has 136 valence electrons. The van der Waals surface area contributed by atoms with Crippen molar-refractivity contribution in [2.45, 2.75) is 19.9 Å². The number of nitrogens with zero attached hydrogens (tertiary/aromatic N) is 2. The van der Waals surface area contributed by atoms with E-state index in [1.165, 1.54) is 4.57 Å². The molecule has 0 saturated carbocycles. The zero-order chi connectivity index (χ0) is 18.6. The van der Waals surface area contributed by atoms with Gasteiger partial charge in [0.05, 0.1) is 31.8 Å². The second-order valence-electron chi connectivity index (χ2n) is 5.43. The lowest BCUT2D eigenvalue weighted by Crippen LogP contribution is -2.23. The summed E-state index contributed by atoms with van der Waals surface area (Å²) in [6.07, 6.45) is 2.04. The van der Waals surface area contributed by atoms with Crippen molar-refractivity contribution in [2.75, 3.05) is 19.5 Å². The van der Waals surface area contributed by atoms with Gasteiger partial charge in [-0.25, -0.2) is 9.78 Å². The summed E-state index contributed by atoms with van der Waals surface area (Å²) in [4.78, 5) is 15.6. The van der Waals surface area contributed by atoms with Gasteiger partial charge in [0.15, 0.2) is 5.69 Å². The number of aryl methyl sites for hydroxylation is 1. The number of carbonyl (C=O) groups is 1. The van der Waals surface area contributed by atoms with E-state index in [0.29, 0.717) is 5.56 Å². The molecular weight excluding hydrogens is 351 g/mol. The highest BCUT2D eigenvalue weighted by molar-refractivity contribution is 7.85. The topological polar surface area (TPSA) is 87.5 Å². The van der Waals surface area contributed by atoms with Gasteiger partial charge in [-0.05, 0) is 19.4 Å². The van der Waals surface area contributed by atoms with Gasteiger partial charge in [-0.3, -0.25) is 4.18 Å². The molecule has 0 radical (unpaired) electrons. The van der Waals surface area contributed by atoms with Crippen molar-refractivity contribution in [3.05, 3.63) is 53.4 Å². The fourth-order valence-corrected chi connectivity index (χ4v) is 2.65. The Morgan fingerprint density at radius 2 is 1.96 bits per heavy atom. The van der Waals surface area contributed by atoms with Crippen LogP contribution in [0.2, 0.25) is 0 Å². The Morgan fingerprint density at radius 3 is 2.52 bits per heavy atom. The van der Waals surface area contributed by atoms with Crippen molar-refractivity contribution in [3.63, 3.8) is 0 Å². The maximum Gasteiger partial charge on any atom is 0.359 e. The first-order valence-electron chi connectivity index (χ1n) is 7.53. The number of hydrogen-bond acceptors (Lipinski definition) is 6. The first-order valence-corrected chi connectivity index (χ1v) is 9.35. The lowest BCUT2D eigenvalue weighted by atomic mass is 10.1. The molecule has 0 saturated heterocycles. The van der Waals surface area contributed by atoms with Gasteiger partial charge in [-0.2, -0.15) is 12.8 Å². The first kappa shape index (κ1) is 19.1. The molecule has 25 heavy (non-hydrogen) atoms. The molecular formula is C16H19FN2O5S. The molecule has 2 rings (SSSR count). The molecule has 0 N–H and O–H groups in total. The number of imidazole rings is 1. The second-order valence-corrected chi connectivity index (χ2v) is 7.07. The van der Waals surface area contributed by atoms with E-state index in [0.717, 1.165) is 18.1 Å². The summed E-state index contributed by atoms with van der Waals surface area (Å²) < 4.78 is 47.7. The quantitative estimate of drug-likeness (QED) is 0.548. The molecule has 9 heteroatoms. The Balaban J connectivity index is 2.48. The third-order valence-electron chi connectivity index (χ3n) is 3.46. The highest BCUT2D eigenvalue weighted by Gasteiger charge is 2.27. The highest BCUT2D eigenvalue weighted by Crippen LogP contribution is 2.24. The minimum Gasteiger partial charge on any atom is -0.461 e. The van der Waals surface area contributed by atoms with Crippen molar-refractivity contribution in [1.82, 2.24) is 9.55 Å². The normalized spacial score (nSPS) is 12.8. The maximum atomic E-state index is 14.0. The van der Waals surface area contributed by atoms with Gasteiger partial charge in [-0.1, -0.05) is 29.8 Å². The van der Waals surface area contributed by atoms with E-state index in [1.807, 2.05) is 19.1 Å². The molecule has 0 spiro atoms. The smallest absolute Gasteiger partial charge is 0.359 e. The van der Waals surface area contributed by atoms with Crippen molar-refractivity contribution in [3.8, 4) is 0 Å². The number of carbonyl (C=O) groups excluding carboxylic acids is 1. The number of benzene rings is 1. The molecule has 0 fully saturated rings. The summed E-state index contributed by atoms with van der Waals surface area (Å²) >= 11 is 0. The molecule has 0 aliphatic carbocycles. The summed E-state index contributed by atoms with van der Waals surface area (Å²) in [6, 6.07) is 6.36. The standard InChI is InChI=1S/C16H19FN2O5S/c1-4-23-16(20)14-15(17)18-10-19(14)13(9-24-25(3,21)22)12-7-5-11(2)6-8-12/h5-8,10,13H,4,9H2,1-3H3. The molecule has 1 atom stereocenters. The first-order chi connectivity index (χ1) is 11.7. The van der Waals surface area contributed by atoms with E-state index in [9.17, 15) is 17.6 Å². The third kappa shape index (κ3) is 4.86. The number of rotatable bonds is 7. The summed E-state index contributed by atoms with van der Waals surface area (Å²) in [5.41, 5.74) is 1.25. The van der Waals surface area contributed by atoms with Crippen molar-refractivity contribution >= 4 is 16.1 Å². The molecule has 7 nitrogen and oxygen atoms in total. The molecule has 1 aromatic carbocycles. The number of aromatic nitrogens is 2. The van der Waals surface area contributed by atoms with Crippen LogP contribution in [0.5, 0.6) is 0 Å². The average Bonchev–Trinajstić information content (AvgIpc) is 2.90. The Hall–Kier alpha value is -2.26. The fraction of sp³-hybridized carbons (Fsp3) is 0.375. The fourth-order valence-electron chi connectivity index (χ4n) is 2.28. The third-order valence-corrected chi connectivity index (χ3v) is 4.02. The van der Waals surface area contributed by atoms with E-state index < -0.39 is 28.1 Å². The van der Waals surface area contributed by atoms with Crippen molar-refractivity contribution in [1.29, 1.82) is 0 Å². The minimum absolute atomic E-state index is 0.0679. The van der Waals surface area contributed by atoms with Gasteiger partial charge in [0, 0.05) is 0 Å². The van der Waals surface area contributed by atoms with Gasteiger partial charge in [-0.15, -0.1) is 0 Å². The van der Waals surface area contributed by atoms with Gasteiger partial charge < -0.3 is 9.30 Å². The highest BCUT2D eigenvalue weighted by atomic mass is 32.2. The molecule has 2 aromatic rings. The van der Waals surface area contributed by atoms with Gasteiger partial charge >= 0.3 is 5.97 Å². The van der Waals surface area contributed by atoms with Crippen LogP contribution in [-0.2, 0) is 19.0 Å². The Labute approximate surface area is 145 Å². The number of halogens is 1. The van der Waals surface area contributed by atoms with E-state index in [2.05, 4.69) is 4.98 Å². The molecule has 0 bridgehead atoms. The minimum atomic E-state index is -3.72. The van der Waals surface area contributed by atoms with Crippen LogP contribution in [0.25, 0.3) is 0 Å². The van der Waals surface area contributed by atoms with Crippen LogP contribution >= 0.6 is 0 Å². The molecule has 1 heterocycles. The molecule has 1 unspecified atom stereocenters. The molecule has 0 amide bonds. The van der Waals surface area contributed by atoms with E-state index in [4.69, 9.17) is 8.92 Å². The van der Waals surface area contributed by atoms with Gasteiger partial charge in [0.1, 0.15) is 0 Å². The summed E-state index contributed by atoms with van der Waals surface area (Å²) in [7, 11) is -3.72. The van der Waals surface area contributed by atoms with E-state index in [1.54, 1.807) is 19.1 Å². The zero-order valence-corrected chi connectivity index (χ0v) is 14.9. The number of esters is 1. The van der Waals surface area contributed by atoms with Crippen LogP contribution in [0, 0.1) is 12.9 Å². The van der Waals surface area contributed by atoms with Crippen LogP contribution < -0.4 is 0 Å². The van der Waals surface area contributed by atoms with Crippen LogP contribution in [0.3, 0.4) is 0 Å². The molecule has 0 aliphatic rings.